The van der Waals surface area contributed by atoms with Gasteiger partial charge >= 0.3 is 12.0 Å². The summed E-state index contributed by atoms with van der Waals surface area (Å²) in [5.41, 5.74) is 1.51. The Labute approximate surface area is 193 Å². The van der Waals surface area contributed by atoms with Gasteiger partial charge in [0.25, 0.3) is 0 Å². The van der Waals surface area contributed by atoms with Crippen LogP contribution in [0.1, 0.15) is 32.4 Å². The molecule has 2 heterocycles. The maximum Gasteiger partial charge on any atom is 0.338 e. The summed E-state index contributed by atoms with van der Waals surface area (Å²) in [5, 5.41) is 5.64. The first-order valence-corrected chi connectivity index (χ1v) is 11.1. The molecule has 1 saturated heterocycles. The third kappa shape index (κ3) is 5.75. The Morgan fingerprint density at radius 2 is 1.82 bits per heavy atom. The van der Waals surface area contributed by atoms with Crippen LogP contribution in [-0.4, -0.2) is 80.8 Å². The number of nitrogens with zero attached hydrogens (tertiary/aromatic N) is 2. The van der Waals surface area contributed by atoms with Crippen LogP contribution in [0.5, 0.6) is 11.5 Å². The molecule has 180 valence electrons. The number of hydrogen-bond donors (Lipinski definition) is 2. The molecule has 1 atom stereocenters. The fourth-order valence-electron chi connectivity index (χ4n) is 4.03. The average molecular weight is 461 g/mol. The third-order valence-electron chi connectivity index (χ3n) is 5.67. The molecule has 10 heteroatoms. The maximum atomic E-state index is 13.0. The van der Waals surface area contributed by atoms with E-state index < -0.39 is 18.0 Å². The number of rotatable bonds is 8. The molecule has 1 unspecified atom stereocenters. The van der Waals surface area contributed by atoms with Crippen molar-refractivity contribution < 1.29 is 28.6 Å². The number of carbonyl (C=O) groups is 3. The fourth-order valence-corrected chi connectivity index (χ4v) is 4.03. The van der Waals surface area contributed by atoms with E-state index in [9.17, 15) is 14.4 Å². The van der Waals surface area contributed by atoms with E-state index in [0.717, 1.165) is 0 Å². The molecule has 1 aromatic carbocycles. The summed E-state index contributed by atoms with van der Waals surface area (Å²) in [4.78, 5) is 41.1. The molecule has 0 saturated carbocycles. The second-order valence-electron chi connectivity index (χ2n) is 7.77. The van der Waals surface area contributed by atoms with Gasteiger partial charge in [-0.2, -0.15) is 0 Å². The quantitative estimate of drug-likeness (QED) is 0.565. The van der Waals surface area contributed by atoms with E-state index in [1.165, 1.54) is 7.11 Å². The highest BCUT2D eigenvalue weighted by molar-refractivity contribution is 5.95. The van der Waals surface area contributed by atoms with E-state index in [4.69, 9.17) is 14.2 Å². The molecule has 0 aromatic heterocycles. The Morgan fingerprint density at radius 3 is 2.42 bits per heavy atom. The minimum absolute atomic E-state index is 0.0424. The first kappa shape index (κ1) is 24.4. The van der Waals surface area contributed by atoms with Crippen molar-refractivity contribution in [2.75, 3.05) is 53.0 Å². The van der Waals surface area contributed by atoms with Gasteiger partial charge in [-0.1, -0.05) is 6.07 Å². The van der Waals surface area contributed by atoms with Crippen LogP contribution in [0, 0.1) is 0 Å². The highest BCUT2D eigenvalue weighted by Crippen LogP contribution is 2.34. The number of ether oxygens (including phenoxy) is 3. The van der Waals surface area contributed by atoms with Gasteiger partial charge in [-0.3, -0.25) is 9.69 Å². The van der Waals surface area contributed by atoms with E-state index in [1.807, 2.05) is 6.92 Å². The summed E-state index contributed by atoms with van der Waals surface area (Å²) < 4.78 is 16.4. The Hall–Kier alpha value is -3.27. The number of nitrogens with one attached hydrogen (secondary N) is 2. The van der Waals surface area contributed by atoms with Crippen molar-refractivity contribution in [3.63, 3.8) is 0 Å². The molecule has 0 spiro atoms. The molecule has 0 bridgehead atoms. The number of piperazine rings is 1. The van der Waals surface area contributed by atoms with Crippen molar-refractivity contribution in [3.8, 4) is 11.5 Å². The van der Waals surface area contributed by atoms with Gasteiger partial charge in [0.1, 0.15) is 0 Å². The molecule has 0 radical (unpaired) electrons. The number of carbonyl (C=O) groups excluding carboxylic acids is 3. The minimum atomic E-state index is -0.712. The third-order valence-corrected chi connectivity index (χ3v) is 5.67. The Bertz CT molecular complexity index is 924. The van der Waals surface area contributed by atoms with Crippen LogP contribution in [0.3, 0.4) is 0 Å². The number of benzene rings is 1. The van der Waals surface area contributed by atoms with Gasteiger partial charge in [0, 0.05) is 45.3 Å². The van der Waals surface area contributed by atoms with Crippen molar-refractivity contribution in [2.45, 2.75) is 26.8 Å². The molecule has 1 fully saturated rings. The molecule has 0 aliphatic carbocycles. The Balaban J connectivity index is 1.94. The van der Waals surface area contributed by atoms with Crippen molar-refractivity contribution >= 4 is 17.9 Å². The normalized spacial score (nSPS) is 19.0. The second kappa shape index (κ2) is 11.0. The maximum absolute atomic E-state index is 13.0. The highest BCUT2D eigenvalue weighted by atomic mass is 16.5. The van der Waals surface area contributed by atoms with E-state index in [1.54, 1.807) is 36.9 Å². The van der Waals surface area contributed by atoms with Crippen molar-refractivity contribution in [1.82, 2.24) is 20.4 Å². The Kier molecular flexibility index (Phi) is 8.16. The van der Waals surface area contributed by atoms with E-state index in [2.05, 4.69) is 15.5 Å². The highest BCUT2D eigenvalue weighted by Gasteiger charge is 2.35. The zero-order valence-corrected chi connectivity index (χ0v) is 19.6. The summed E-state index contributed by atoms with van der Waals surface area (Å²) in [6, 6.07) is 4.19. The standard InChI is InChI=1S/C23H32N4O6/c1-5-32-18-8-7-16(13-19(18)31-4)21-20(22(29)33-6-2)17(24-23(30)25-21)14-26-9-11-27(12-10-26)15(3)28/h7-8,13,21H,5-6,9-12,14H2,1-4H3,(H2,24,25,30). The molecule has 1 aromatic rings. The molecule has 3 amide bonds. The number of hydrogen-bond acceptors (Lipinski definition) is 7. The van der Waals surface area contributed by atoms with Crippen LogP contribution in [-0.2, 0) is 14.3 Å². The summed E-state index contributed by atoms with van der Waals surface area (Å²) in [5.74, 6) is 0.627. The number of amides is 3. The van der Waals surface area contributed by atoms with Gasteiger partial charge in [0.2, 0.25) is 5.91 Å². The first-order valence-electron chi connectivity index (χ1n) is 11.1. The lowest BCUT2D eigenvalue weighted by molar-refractivity contribution is -0.139. The van der Waals surface area contributed by atoms with Gasteiger partial charge in [-0.25, -0.2) is 9.59 Å². The van der Waals surface area contributed by atoms with Crippen LogP contribution >= 0.6 is 0 Å². The summed E-state index contributed by atoms with van der Waals surface area (Å²) in [6.07, 6.45) is 0. The zero-order chi connectivity index (χ0) is 24.0. The van der Waals surface area contributed by atoms with Crippen molar-refractivity contribution in [2.24, 2.45) is 0 Å². The molecular formula is C23H32N4O6. The number of esters is 1. The van der Waals surface area contributed by atoms with E-state index >= 15 is 0 Å². The monoisotopic (exact) mass is 460 g/mol. The second-order valence-corrected chi connectivity index (χ2v) is 7.77. The Morgan fingerprint density at radius 1 is 1.09 bits per heavy atom. The van der Waals surface area contributed by atoms with Crippen LogP contribution in [0.2, 0.25) is 0 Å². The van der Waals surface area contributed by atoms with E-state index in [-0.39, 0.29) is 12.5 Å². The lowest BCUT2D eigenvalue weighted by Crippen LogP contribution is -2.52. The smallest absolute Gasteiger partial charge is 0.338 e. The minimum Gasteiger partial charge on any atom is -0.493 e. The lowest BCUT2D eigenvalue weighted by atomic mass is 9.94. The van der Waals surface area contributed by atoms with Crippen LogP contribution < -0.4 is 20.1 Å². The summed E-state index contributed by atoms with van der Waals surface area (Å²) in [6.45, 7) is 8.71. The van der Waals surface area contributed by atoms with Crippen LogP contribution in [0.25, 0.3) is 0 Å². The van der Waals surface area contributed by atoms with Gasteiger partial charge < -0.3 is 29.7 Å². The number of urea groups is 1. The van der Waals surface area contributed by atoms with E-state index in [0.29, 0.717) is 67.7 Å². The fraction of sp³-hybridized carbons (Fsp3) is 0.522. The topological polar surface area (TPSA) is 109 Å². The van der Waals surface area contributed by atoms with Crippen molar-refractivity contribution in [1.29, 1.82) is 0 Å². The van der Waals surface area contributed by atoms with Gasteiger partial charge in [0.15, 0.2) is 11.5 Å². The van der Waals surface area contributed by atoms with Gasteiger partial charge in [-0.15, -0.1) is 0 Å². The molecular weight excluding hydrogens is 428 g/mol. The molecule has 2 aliphatic rings. The lowest BCUT2D eigenvalue weighted by Gasteiger charge is -2.36. The largest absolute Gasteiger partial charge is 0.493 e. The zero-order valence-electron chi connectivity index (χ0n) is 19.6. The van der Waals surface area contributed by atoms with Crippen LogP contribution in [0.4, 0.5) is 4.79 Å². The first-order chi connectivity index (χ1) is 15.9. The average Bonchev–Trinajstić information content (AvgIpc) is 2.79. The molecule has 3 rings (SSSR count). The predicted octanol–water partition coefficient (Wildman–Crippen LogP) is 1.43. The van der Waals surface area contributed by atoms with Gasteiger partial charge in [0.05, 0.1) is 31.9 Å². The summed E-state index contributed by atoms with van der Waals surface area (Å²) >= 11 is 0. The summed E-state index contributed by atoms with van der Waals surface area (Å²) in [7, 11) is 1.54. The van der Waals surface area contributed by atoms with Crippen LogP contribution in [0.15, 0.2) is 29.5 Å². The molecule has 33 heavy (non-hydrogen) atoms. The molecule has 2 N–H and O–H groups in total. The molecule has 2 aliphatic heterocycles. The number of methoxy groups -OCH3 is 1. The molecule has 10 nitrogen and oxygen atoms in total. The van der Waals surface area contributed by atoms with Crippen molar-refractivity contribution in [3.05, 3.63) is 35.0 Å². The SMILES string of the molecule is CCOC(=O)C1=C(CN2CCN(C(C)=O)CC2)NC(=O)NC1c1ccc(OCC)c(OC)c1. The van der Waals surface area contributed by atoms with Gasteiger partial charge in [-0.05, 0) is 31.5 Å². The predicted molar refractivity (Wildman–Crippen MR) is 121 cm³/mol.